The van der Waals surface area contributed by atoms with Crippen molar-refractivity contribution in [2.75, 3.05) is 13.7 Å². The quantitative estimate of drug-likeness (QED) is 0.753. The molecule has 1 unspecified atom stereocenters. The van der Waals surface area contributed by atoms with E-state index < -0.39 is 0 Å². The number of aromatic nitrogens is 1. The van der Waals surface area contributed by atoms with Crippen molar-refractivity contribution in [3.05, 3.63) is 15.6 Å². The highest BCUT2D eigenvalue weighted by Gasteiger charge is 2.30. The normalized spacial score (nSPS) is 14.0. The van der Waals surface area contributed by atoms with Gasteiger partial charge in [0, 0.05) is 18.5 Å². The number of ether oxygens (including phenoxy) is 1. The maximum atomic E-state index is 5.70. The van der Waals surface area contributed by atoms with Gasteiger partial charge in [-0.3, -0.25) is 0 Å². The third-order valence-electron chi connectivity index (χ3n) is 3.25. The summed E-state index contributed by atoms with van der Waals surface area (Å²) < 4.78 is 5.70. The lowest BCUT2D eigenvalue weighted by Gasteiger charge is -2.27. The van der Waals surface area contributed by atoms with Crippen LogP contribution in [0.4, 0.5) is 0 Å². The smallest absolute Gasteiger partial charge is 0.123 e. The SMILES string of the molecule is CCCNCc1sc(C(OC)C(C)(C)C)nc1C(C)C. The van der Waals surface area contributed by atoms with E-state index in [9.17, 15) is 0 Å². The van der Waals surface area contributed by atoms with E-state index in [1.54, 1.807) is 18.4 Å². The topological polar surface area (TPSA) is 34.1 Å². The summed E-state index contributed by atoms with van der Waals surface area (Å²) in [6.07, 6.45) is 1.22. The van der Waals surface area contributed by atoms with Crippen LogP contribution in [0.25, 0.3) is 0 Å². The number of thiazole rings is 1. The molecule has 1 atom stereocenters. The van der Waals surface area contributed by atoms with Crippen LogP contribution in [0.15, 0.2) is 0 Å². The summed E-state index contributed by atoms with van der Waals surface area (Å²) in [6.45, 7) is 15.2. The Balaban J connectivity index is 3.01. The average Bonchev–Trinajstić information content (AvgIpc) is 2.72. The van der Waals surface area contributed by atoms with Gasteiger partial charge in [-0.25, -0.2) is 4.98 Å². The third kappa shape index (κ3) is 4.54. The highest BCUT2D eigenvalue weighted by molar-refractivity contribution is 7.11. The summed E-state index contributed by atoms with van der Waals surface area (Å²) in [7, 11) is 1.78. The van der Waals surface area contributed by atoms with E-state index in [2.05, 4.69) is 46.9 Å². The predicted octanol–water partition coefficient (Wildman–Crippen LogP) is 4.50. The van der Waals surface area contributed by atoms with Crippen molar-refractivity contribution < 1.29 is 4.74 Å². The van der Waals surface area contributed by atoms with Gasteiger partial charge < -0.3 is 10.1 Å². The Morgan fingerprint density at radius 1 is 1.30 bits per heavy atom. The van der Waals surface area contributed by atoms with Crippen molar-refractivity contribution in [2.24, 2.45) is 5.41 Å². The average molecular weight is 298 g/mol. The van der Waals surface area contributed by atoms with Crippen LogP contribution < -0.4 is 5.32 Å². The molecule has 0 aliphatic carbocycles. The van der Waals surface area contributed by atoms with Crippen molar-refractivity contribution in [2.45, 2.75) is 66.5 Å². The summed E-state index contributed by atoms with van der Waals surface area (Å²) in [5.41, 5.74) is 1.29. The van der Waals surface area contributed by atoms with Crippen molar-refractivity contribution in [1.29, 1.82) is 0 Å². The van der Waals surface area contributed by atoms with Gasteiger partial charge in [-0.05, 0) is 24.3 Å². The second-order valence-electron chi connectivity index (χ2n) is 6.67. The van der Waals surface area contributed by atoms with Crippen molar-refractivity contribution >= 4 is 11.3 Å². The molecule has 0 spiro atoms. The lowest BCUT2D eigenvalue weighted by atomic mass is 9.89. The molecule has 20 heavy (non-hydrogen) atoms. The van der Waals surface area contributed by atoms with Crippen molar-refractivity contribution in [3.63, 3.8) is 0 Å². The zero-order valence-corrected chi connectivity index (χ0v) is 14.9. The first kappa shape index (κ1) is 17.6. The largest absolute Gasteiger partial charge is 0.374 e. The van der Waals surface area contributed by atoms with Crippen LogP contribution in [0.1, 0.15) is 75.6 Å². The first-order valence-corrected chi connectivity index (χ1v) is 8.35. The molecule has 0 saturated carbocycles. The molecule has 0 aromatic carbocycles. The number of nitrogens with one attached hydrogen (secondary N) is 1. The highest BCUT2D eigenvalue weighted by atomic mass is 32.1. The monoisotopic (exact) mass is 298 g/mol. The maximum Gasteiger partial charge on any atom is 0.123 e. The number of rotatable bonds is 7. The van der Waals surface area contributed by atoms with E-state index in [1.165, 1.54) is 10.6 Å². The molecule has 0 fully saturated rings. The molecule has 1 rings (SSSR count). The van der Waals surface area contributed by atoms with Gasteiger partial charge in [-0.1, -0.05) is 41.5 Å². The number of hydrogen-bond donors (Lipinski definition) is 1. The second-order valence-corrected chi connectivity index (χ2v) is 7.79. The van der Waals surface area contributed by atoms with Crippen LogP contribution in [-0.4, -0.2) is 18.6 Å². The van der Waals surface area contributed by atoms with Crippen LogP contribution in [0.5, 0.6) is 0 Å². The third-order valence-corrected chi connectivity index (χ3v) is 4.36. The molecule has 0 saturated heterocycles. The van der Waals surface area contributed by atoms with Gasteiger partial charge in [0.15, 0.2) is 0 Å². The van der Waals surface area contributed by atoms with Gasteiger partial charge >= 0.3 is 0 Å². The summed E-state index contributed by atoms with van der Waals surface area (Å²) in [5, 5.41) is 4.59. The Labute approximate surface area is 128 Å². The van der Waals surface area contributed by atoms with E-state index in [0.29, 0.717) is 5.92 Å². The van der Waals surface area contributed by atoms with Crippen molar-refractivity contribution in [3.8, 4) is 0 Å². The Bertz CT molecular complexity index is 407. The minimum Gasteiger partial charge on any atom is -0.374 e. The van der Waals surface area contributed by atoms with Gasteiger partial charge in [-0.2, -0.15) is 0 Å². The maximum absolute atomic E-state index is 5.70. The molecule has 1 N–H and O–H groups in total. The fraction of sp³-hybridized carbons (Fsp3) is 0.812. The van der Waals surface area contributed by atoms with Crippen molar-refractivity contribution in [1.82, 2.24) is 10.3 Å². The number of methoxy groups -OCH3 is 1. The Morgan fingerprint density at radius 2 is 1.95 bits per heavy atom. The lowest BCUT2D eigenvalue weighted by molar-refractivity contribution is 0.0149. The van der Waals surface area contributed by atoms with E-state index in [-0.39, 0.29) is 11.5 Å². The minimum absolute atomic E-state index is 0.0601. The van der Waals surface area contributed by atoms with Gasteiger partial charge in [0.05, 0.1) is 5.69 Å². The Kier molecular flexibility index (Phi) is 6.62. The van der Waals surface area contributed by atoms with Gasteiger partial charge in [0.1, 0.15) is 11.1 Å². The zero-order chi connectivity index (χ0) is 15.3. The van der Waals surface area contributed by atoms with Gasteiger partial charge in [0.2, 0.25) is 0 Å². The van der Waals surface area contributed by atoms with Crippen LogP contribution in [0.2, 0.25) is 0 Å². The summed E-state index contributed by atoms with van der Waals surface area (Å²) >= 11 is 1.80. The molecule has 0 bridgehead atoms. The zero-order valence-electron chi connectivity index (χ0n) is 14.0. The molecule has 0 aliphatic rings. The Morgan fingerprint density at radius 3 is 2.40 bits per heavy atom. The van der Waals surface area contributed by atoms with E-state index >= 15 is 0 Å². The molecule has 3 nitrogen and oxygen atoms in total. The second kappa shape index (κ2) is 7.53. The molecule has 4 heteroatoms. The molecule has 1 heterocycles. The summed E-state index contributed by atoms with van der Waals surface area (Å²) in [4.78, 5) is 6.24. The number of hydrogen-bond acceptors (Lipinski definition) is 4. The summed E-state index contributed by atoms with van der Waals surface area (Å²) in [5.74, 6) is 0.455. The fourth-order valence-corrected chi connectivity index (χ4v) is 3.79. The van der Waals surface area contributed by atoms with Crippen LogP contribution in [0.3, 0.4) is 0 Å². The lowest BCUT2D eigenvalue weighted by Crippen LogP contribution is -2.20. The molecule has 0 radical (unpaired) electrons. The van der Waals surface area contributed by atoms with Gasteiger partial charge in [-0.15, -0.1) is 11.3 Å². The Hall–Kier alpha value is -0.450. The molecular weight excluding hydrogens is 268 g/mol. The first-order valence-electron chi connectivity index (χ1n) is 7.54. The fourth-order valence-electron chi connectivity index (χ4n) is 2.28. The van der Waals surface area contributed by atoms with E-state index in [4.69, 9.17) is 9.72 Å². The van der Waals surface area contributed by atoms with E-state index in [1.807, 2.05) is 0 Å². The van der Waals surface area contributed by atoms with Crippen LogP contribution >= 0.6 is 11.3 Å². The highest BCUT2D eigenvalue weighted by Crippen LogP contribution is 2.39. The molecule has 116 valence electrons. The molecule has 0 aliphatic heterocycles. The summed E-state index contributed by atoms with van der Waals surface area (Å²) in [6, 6.07) is 0. The van der Waals surface area contributed by atoms with Gasteiger partial charge in [0.25, 0.3) is 0 Å². The molecule has 1 aromatic heterocycles. The minimum atomic E-state index is 0.0601. The predicted molar refractivity (Wildman–Crippen MR) is 87.4 cm³/mol. The van der Waals surface area contributed by atoms with Crippen LogP contribution in [-0.2, 0) is 11.3 Å². The number of nitrogens with zero attached hydrogens (tertiary/aromatic N) is 1. The molecular formula is C16H30N2OS. The van der Waals surface area contributed by atoms with Crippen LogP contribution in [0, 0.1) is 5.41 Å². The first-order chi connectivity index (χ1) is 9.31. The molecule has 1 aromatic rings. The van der Waals surface area contributed by atoms with E-state index in [0.717, 1.165) is 24.5 Å². The molecule has 0 amide bonds. The standard InChI is InChI=1S/C16H30N2OS/c1-8-9-17-10-12-13(11(2)3)18-15(20-12)14(19-7)16(4,5)6/h11,14,17H,8-10H2,1-7H3.